The average molecular weight is 1180 g/mol. The number of carboxylic acids is 1. The molecule has 8 amide bonds. The molecule has 0 radical (unpaired) electrons. The first-order valence-corrected chi connectivity index (χ1v) is 30.4. The van der Waals surface area contributed by atoms with Gasteiger partial charge in [0.25, 0.3) is 11.8 Å². The summed E-state index contributed by atoms with van der Waals surface area (Å²) < 4.78 is -1.15. The van der Waals surface area contributed by atoms with Crippen molar-refractivity contribution in [2.45, 2.75) is 166 Å². The van der Waals surface area contributed by atoms with Crippen molar-refractivity contribution in [2.24, 2.45) is 5.41 Å². The van der Waals surface area contributed by atoms with Gasteiger partial charge in [-0.25, -0.2) is 0 Å². The van der Waals surface area contributed by atoms with Crippen molar-refractivity contribution in [1.29, 1.82) is 0 Å². The molecule has 0 saturated carbocycles. The molecule has 2 heterocycles. The van der Waals surface area contributed by atoms with Gasteiger partial charge in [0.1, 0.15) is 24.2 Å². The number of nitrogens with zero attached hydrogens (tertiary/aromatic N) is 2. The van der Waals surface area contributed by atoms with Crippen molar-refractivity contribution in [1.82, 2.24) is 47.0 Å². The Morgan fingerprint density at radius 1 is 0.612 bits per heavy atom. The number of aliphatic carboxylic acids is 1. The lowest BCUT2D eigenvalue weighted by molar-refractivity contribution is -0.145. The second-order valence-corrected chi connectivity index (χ2v) is 26.1. The molecule has 2 aliphatic heterocycles. The van der Waals surface area contributed by atoms with Crippen LogP contribution in [0.15, 0.2) is 91.0 Å². The molecule has 4 aromatic carbocycles. The van der Waals surface area contributed by atoms with Gasteiger partial charge >= 0.3 is 5.97 Å². The molecule has 85 heavy (non-hydrogen) atoms. The summed E-state index contributed by atoms with van der Waals surface area (Å²) in [6.07, 6.45) is 5.19. The molecule has 1 saturated heterocycles. The predicted molar refractivity (Wildman–Crippen MR) is 325 cm³/mol. The van der Waals surface area contributed by atoms with E-state index in [0.717, 1.165) is 71.7 Å². The van der Waals surface area contributed by atoms with E-state index in [1.54, 1.807) is 53.9 Å². The number of amides is 8. The lowest BCUT2D eigenvalue weighted by Gasteiger charge is -2.42. The van der Waals surface area contributed by atoms with Crippen LogP contribution in [0, 0.1) is 5.41 Å². The zero-order chi connectivity index (χ0) is 61.5. The van der Waals surface area contributed by atoms with Crippen LogP contribution in [-0.4, -0.2) is 142 Å². The zero-order valence-electron chi connectivity index (χ0n) is 50.1. The fourth-order valence-electron chi connectivity index (χ4n) is 11.8. The Morgan fingerprint density at radius 3 is 1.67 bits per heavy atom. The number of thioether (sulfide) groups is 1. The van der Waals surface area contributed by atoms with Gasteiger partial charge in [0, 0.05) is 47.1 Å². The molecule has 0 aromatic heterocycles. The lowest BCUT2D eigenvalue weighted by Crippen LogP contribution is -2.63. The van der Waals surface area contributed by atoms with Crippen molar-refractivity contribution in [3.63, 3.8) is 0 Å². The molecule has 9 atom stereocenters. The summed E-state index contributed by atoms with van der Waals surface area (Å²) >= 11 is 0.999. The van der Waals surface area contributed by atoms with Gasteiger partial charge < -0.3 is 57.4 Å². The second-order valence-electron chi connectivity index (χ2n) is 24.5. The van der Waals surface area contributed by atoms with Gasteiger partial charge in [0.2, 0.25) is 35.4 Å². The van der Waals surface area contributed by atoms with E-state index in [-0.39, 0.29) is 72.6 Å². The molecule has 454 valence electrons. The van der Waals surface area contributed by atoms with Crippen LogP contribution in [0.3, 0.4) is 0 Å². The van der Waals surface area contributed by atoms with Gasteiger partial charge in [-0.1, -0.05) is 75.4 Å². The molecule has 0 unspecified atom stereocenters. The molecule has 4 aromatic rings. The number of anilines is 1. The average Bonchev–Trinajstić information content (AvgIpc) is 1.99. The molecule has 8 rings (SSSR count). The number of hydrogen-bond acceptors (Lipinski definition) is 12. The molecule has 9 N–H and O–H groups in total. The number of hydrogen-bond donors (Lipinski definition) is 9. The van der Waals surface area contributed by atoms with Crippen molar-refractivity contribution in [3.05, 3.63) is 136 Å². The Labute approximate surface area is 501 Å². The van der Waals surface area contributed by atoms with Gasteiger partial charge in [-0.2, -0.15) is 0 Å². The Balaban J connectivity index is 0.990. The number of carbonyl (C=O) groups excluding carboxylic acids is 8. The minimum Gasteiger partial charge on any atom is -0.481 e. The second kappa shape index (κ2) is 27.2. The van der Waals surface area contributed by atoms with Crippen LogP contribution in [-0.2, 0) is 59.4 Å². The maximum Gasteiger partial charge on any atom is 0.313 e. The van der Waals surface area contributed by atoms with Gasteiger partial charge in [-0.05, 0) is 162 Å². The van der Waals surface area contributed by atoms with Crippen LogP contribution in [0.4, 0.5) is 5.69 Å². The molecule has 1 fully saturated rings. The van der Waals surface area contributed by atoms with Crippen molar-refractivity contribution in [3.8, 4) is 0 Å². The van der Waals surface area contributed by atoms with Gasteiger partial charge in [-0.15, -0.1) is 11.8 Å². The number of aryl methyl sites for hydroxylation is 2. The molecular weight excluding hydrogens is 1100 g/mol. The molecule has 2 aliphatic carbocycles. The first-order valence-electron chi connectivity index (χ1n) is 29.4. The molecule has 20 nitrogen and oxygen atoms in total. The number of nitrogens with one attached hydrogen (secondary N) is 8. The number of likely N-dealkylation sites (N-methyl/N-ethyl adjacent to an activating group) is 2. The first-order chi connectivity index (χ1) is 40.4. The predicted octanol–water partition coefficient (Wildman–Crippen LogP) is 5.11. The van der Waals surface area contributed by atoms with E-state index in [4.69, 9.17) is 0 Å². The fourth-order valence-corrected chi connectivity index (χ4v) is 12.6. The minimum absolute atomic E-state index is 0.00140. The van der Waals surface area contributed by atoms with Crippen LogP contribution < -0.4 is 42.5 Å². The number of carbonyl (C=O) groups is 9. The van der Waals surface area contributed by atoms with E-state index in [2.05, 4.69) is 54.7 Å². The summed E-state index contributed by atoms with van der Waals surface area (Å²) in [6, 6.07) is 20.5. The third-order valence-electron chi connectivity index (χ3n) is 17.0. The SMILES string of the molecule is CN[C@@H](C)C(=O)N[C@H](C(=O)N1C[C@@H](NC(=O)c2ccc(C(=O)Nc3ccc4c(c3)CN(C(=O)[C@H](NC(=O)[C@H](C)NC)C(C)(C)SCC(=O)O)[C@H](C(=O)N[C@@H]3CCCc5ccccc53)C4)cc2)C[C@H]1C(=O)N[C@@H]1CCCc2ccccc21)C(C)(C)C. The number of fused-ring (bicyclic) bond motifs is 3. The number of benzene rings is 4. The summed E-state index contributed by atoms with van der Waals surface area (Å²) in [4.78, 5) is 128. The van der Waals surface area contributed by atoms with Crippen molar-refractivity contribution >= 4 is 70.7 Å². The van der Waals surface area contributed by atoms with E-state index in [1.807, 2.05) is 63.2 Å². The Bertz CT molecular complexity index is 3180. The number of rotatable bonds is 20. The molecule has 4 aliphatic rings. The fraction of sp³-hybridized carbons (Fsp3) is 0.484. The lowest BCUT2D eigenvalue weighted by atomic mass is 9.85. The first kappa shape index (κ1) is 63.4. The Hall–Kier alpha value is -7.62. The van der Waals surface area contributed by atoms with Crippen molar-refractivity contribution < 1.29 is 48.3 Å². The Kier molecular flexibility index (Phi) is 20.3. The number of carboxylic acid groups (broad SMARTS) is 1. The quantitative estimate of drug-likeness (QED) is 0.0558. The number of likely N-dealkylation sites (tertiary alicyclic amines) is 1. The highest BCUT2D eigenvalue weighted by Gasteiger charge is 2.48. The van der Waals surface area contributed by atoms with Gasteiger partial charge in [0.05, 0.1) is 29.9 Å². The largest absolute Gasteiger partial charge is 0.481 e. The smallest absolute Gasteiger partial charge is 0.313 e. The van der Waals surface area contributed by atoms with E-state index in [1.165, 1.54) is 34.1 Å². The van der Waals surface area contributed by atoms with E-state index >= 15 is 4.79 Å². The Morgan fingerprint density at radius 2 is 1.13 bits per heavy atom. The van der Waals surface area contributed by atoms with E-state index in [0.29, 0.717) is 17.7 Å². The third kappa shape index (κ3) is 15.1. The standard InChI is InChI=1S/C64H82N10O10S/c1-36(65-8)55(77)71-53(63(3,4)5)61(83)74-34-45(32-51(74)60(82)70-49-23-15-19-39-17-11-13-21-47(39)49)68-58(80)41-26-24-40(25-27-41)57(79)67-44-29-28-42-31-50(59(81)69-48-22-14-18-38-16-10-12-20-46(38)48)73(33-43(42)30-44)62(84)54(72-56(78)37(2)66-9)64(6,7)85-35-52(75)76/h10-13,16-17,20-21,24-30,36-37,45,48-51,53-54,65-66H,14-15,18-19,22-23,31-35H2,1-9H3,(H,67,79)(H,68,80)(H,69,81)(H,70,82)(H,71,77)(H,72,78)(H,75,76)/t36-,37-,45-,48+,49+,50-,51-,53+,54-/m0/s1. The normalized spacial score (nSPS) is 20.6. The molecule has 0 spiro atoms. The highest BCUT2D eigenvalue weighted by atomic mass is 32.2. The van der Waals surface area contributed by atoms with E-state index in [9.17, 15) is 43.5 Å². The highest BCUT2D eigenvalue weighted by molar-refractivity contribution is 8.01. The van der Waals surface area contributed by atoms with Crippen LogP contribution in [0.25, 0.3) is 0 Å². The van der Waals surface area contributed by atoms with Crippen LogP contribution in [0.2, 0.25) is 0 Å². The third-order valence-corrected chi connectivity index (χ3v) is 18.4. The van der Waals surface area contributed by atoms with Crippen LogP contribution in [0.5, 0.6) is 0 Å². The maximum atomic E-state index is 15.2. The summed E-state index contributed by atoms with van der Waals surface area (Å²) in [7, 11) is 3.26. The summed E-state index contributed by atoms with van der Waals surface area (Å²) in [6.45, 7) is 12.2. The van der Waals surface area contributed by atoms with Crippen LogP contribution in [0.1, 0.15) is 147 Å². The van der Waals surface area contributed by atoms with Crippen molar-refractivity contribution in [2.75, 3.05) is 31.7 Å². The van der Waals surface area contributed by atoms with Gasteiger partial charge in [-0.3, -0.25) is 43.2 Å². The zero-order valence-corrected chi connectivity index (χ0v) is 50.9. The molecule has 21 heteroatoms. The van der Waals surface area contributed by atoms with Gasteiger partial charge in [0.15, 0.2) is 0 Å². The summed E-state index contributed by atoms with van der Waals surface area (Å²) in [5, 5.41) is 33.7. The minimum atomic E-state index is -1.26. The molecule has 0 bridgehead atoms. The highest BCUT2D eigenvalue weighted by Crippen LogP contribution is 2.36. The monoisotopic (exact) mass is 1180 g/mol. The molecular formula is C64H82N10O10S. The van der Waals surface area contributed by atoms with Crippen LogP contribution >= 0.6 is 11.8 Å². The maximum absolute atomic E-state index is 15.2. The summed E-state index contributed by atoms with van der Waals surface area (Å²) in [5.41, 5.74) is 5.86. The topological polar surface area (TPSA) is 277 Å². The van der Waals surface area contributed by atoms with E-state index < -0.39 is 88.0 Å². The summed E-state index contributed by atoms with van der Waals surface area (Å²) in [5.74, 6) is -5.03.